The van der Waals surface area contributed by atoms with Gasteiger partial charge in [-0.1, -0.05) is 12.1 Å². The fraction of sp³-hybridized carbons (Fsp3) is 0.0625. The Bertz CT molecular complexity index is 816. The van der Waals surface area contributed by atoms with E-state index in [2.05, 4.69) is 15.5 Å². The predicted molar refractivity (Wildman–Crippen MR) is 84.1 cm³/mol. The van der Waals surface area contributed by atoms with Crippen molar-refractivity contribution in [2.24, 2.45) is 5.10 Å². The van der Waals surface area contributed by atoms with Gasteiger partial charge >= 0.3 is 0 Å². The summed E-state index contributed by atoms with van der Waals surface area (Å²) in [5, 5.41) is 3.84. The van der Waals surface area contributed by atoms with E-state index in [4.69, 9.17) is 4.42 Å². The van der Waals surface area contributed by atoms with Crippen LogP contribution in [0.2, 0.25) is 0 Å². The number of allylic oxidation sites excluding steroid dienone is 1. The highest BCUT2D eigenvalue weighted by atomic mass is 16.3. The maximum atomic E-state index is 11.8. The van der Waals surface area contributed by atoms with Crippen LogP contribution in [0.3, 0.4) is 0 Å². The second kappa shape index (κ2) is 6.53. The number of amides is 1. The van der Waals surface area contributed by atoms with Crippen molar-refractivity contribution in [2.45, 2.75) is 6.54 Å². The first-order valence-electron chi connectivity index (χ1n) is 6.75. The molecule has 1 amide bonds. The number of para-hydroxylation sites is 2. The molecule has 3 aromatic rings. The largest absolute Gasteiger partial charge is 0.465 e. The zero-order valence-electron chi connectivity index (χ0n) is 11.7. The number of furan rings is 1. The summed E-state index contributed by atoms with van der Waals surface area (Å²) in [6.07, 6.45) is 8.16. The Morgan fingerprint density at radius 1 is 1.32 bits per heavy atom. The van der Waals surface area contributed by atoms with Gasteiger partial charge in [0.25, 0.3) is 5.91 Å². The van der Waals surface area contributed by atoms with Crippen LogP contribution in [0.1, 0.15) is 5.76 Å². The Hall–Kier alpha value is -3.15. The molecule has 1 aromatic carbocycles. The number of imidazole rings is 1. The van der Waals surface area contributed by atoms with E-state index in [0.29, 0.717) is 0 Å². The normalized spacial score (nSPS) is 11.6. The number of hydrogen-bond donors (Lipinski definition) is 1. The highest BCUT2D eigenvalue weighted by Crippen LogP contribution is 2.11. The molecule has 0 radical (unpaired) electrons. The van der Waals surface area contributed by atoms with Gasteiger partial charge in [-0.15, -0.1) is 0 Å². The zero-order chi connectivity index (χ0) is 15.2. The van der Waals surface area contributed by atoms with Crippen molar-refractivity contribution < 1.29 is 9.21 Å². The lowest BCUT2D eigenvalue weighted by molar-refractivity contribution is -0.121. The molecule has 0 atom stereocenters. The van der Waals surface area contributed by atoms with Gasteiger partial charge in [-0.25, -0.2) is 10.4 Å². The fourth-order valence-corrected chi connectivity index (χ4v) is 2.00. The van der Waals surface area contributed by atoms with Crippen LogP contribution in [0.5, 0.6) is 0 Å². The summed E-state index contributed by atoms with van der Waals surface area (Å²) < 4.78 is 6.90. The first-order valence-corrected chi connectivity index (χ1v) is 6.75. The summed E-state index contributed by atoms with van der Waals surface area (Å²) in [5.41, 5.74) is 4.24. The Kier molecular flexibility index (Phi) is 4.10. The molecule has 6 nitrogen and oxygen atoms in total. The third-order valence-electron chi connectivity index (χ3n) is 2.99. The summed E-state index contributed by atoms with van der Waals surface area (Å²) in [6, 6.07) is 11.3. The van der Waals surface area contributed by atoms with E-state index in [1.807, 2.05) is 30.3 Å². The summed E-state index contributed by atoms with van der Waals surface area (Å²) >= 11 is 0. The van der Waals surface area contributed by atoms with Gasteiger partial charge < -0.3 is 8.98 Å². The number of carbonyl (C=O) groups is 1. The van der Waals surface area contributed by atoms with Crippen molar-refractivity contribution >= 4 is 29.2 Å². The van der Waals surface area contributed by atoms with Gasteiger partial charge in [0.2, 0.25) is 0 Å². The molecule has 0 fully saturated rings. The minimum atomic E-state index is -0.217. The van der Waals surface area contributed by atoms with E-state index in [1.54, 1.807) is 35.4 Å². The van der Waals surface area contributed by atoms with Gasteiger partial charge in [-0.05, 0) is 36.4 Å². The minimum Gasteiger partial charge on any atom is -0.465 e. The standard InChI is InChI=1S/C16H14N4O2/c21-16(19-18-9-3-5-13-6-4-10-22-13)11-20-12-17-14-7-1-2-8-15(14)20/h1-10,12H,11H2,(H,19,21)/b5-3+,18-9?. The molecule has 0 aliphatic rings. The number of nitrogens with zero attached hydrogens (tertiary/aromatic N) is 3. The van der Waals surface area contributed by atoms with Gasteiger partial charge in [-0.3, -0.25) is 4.79 Å². The van der Waals surface area contributed by atoms with Crippen molar-refractivity contribution in [3.8, 4) is 0 Å². The molecule has 0 unspecified atom stereocenters. The molecule has 2 aromatic heterocycles. The lowest BCUT2D eigenvalue weighted by atomic mass is 10.3. The van der Waals surface area contributed by atoms with Gasteiger partial charge in [0.15, 0.2) is 0 Å². The second-order valence-electron chi connectivity index (χ2n) is 4.55. The van der Waals surface area contributed by atoms with E-state index < -0.39 is 0 Å². The number of aromatic nitrogens is 2. The first-order chi connectivity index (χ1) is 10.8. The van der Waals surface area contributed by atoms with Gasteiger partial charge in [0.05, 0.1) is 23.6 Å². The molecule has 0 saturated heterocycles. The molecule has 0 bridgehead atoms. The molecule has 0 saturated carbocycles. The molecule has 2 heterocycles. The maximum absolute atomic E-state index is 11.8. The Morgan fingerprint density at radius 2 is 2.23 bits per heavy atom. The molecular weight excluding hydrogens is 280 g/mol. The van der Waals surface area contributed by atoms with Crippen LogP contribution in [0, 0.1) is 0 Å². The van der Waals surface area contributed by atoms with E-state index in [-0.39, 0.29) is 12.5 Å². The van der Waals surface area contributed by atoms with Crippen molar-refractivity contribution in [3.05, 3.63) is 60.8 Å². The topological polar surface area (TPSA) is 72.4 Å². The van der Waals surface area contributed by atoms with Crippen LogP contribution in [0.15, 0.2) is 64.6 Å². The smallest absolute Gasteiger partial charge is 0.260 e. The first kappa shape index (κ1) is 13.8. The average Bonchev–Trinajstić information content (AvgIpc) is 3.17. The van der Waals surface area contributed by atoms with Crippen molar-refractivity contribution in [1.82, 2.24) is 15.0 Å². The Labute approximate surface area is 126 Å². The second-order valence-corrected chi connectivity index (χ2v) is 4.55. The fourth-order valence-electron chi connectivity index (χ4n) is 2.00. The quantitative estimate of drug-likeness (QED) is 0.580. The van der Waals surface area contributed by atoms with Crippen LogP contribution in [-0.2, 0) is 11.3 Å². The maximum Gasteiger partial charge on any atom is 0.260 e. The molecule has 6 heteroatoms. The highest BCUT2D eigenvalue weighted by Gasteiger charge is 2.05. The average molecular weight is 294 g/mol. The van der Waals surface area contributed by atoms with Crippen molar-refractivity contribution in [2.75, 3.05) is 0 Å². The third kappa shape index (κ3) is 3.29. The molecule has 3 rings (SSSR count). The van der Waals surface area contributed by atoms with Crippen LogP contribution >= 0.6 is 0 Å². The number of hydrazone groups is 1. The third-order valence-corrected chi connectivity index (χ3v) is 2.99. The molecule has 1 N–H and O–H groups in total. The number of rotatable bonds is 5. The van der Waals surface area contributed by atoms with Gasteiger partial charge in [-0.2, -0.15) is 5.10 Å². The molecule has 0 aliphatic carbocycles. The molecular formula is C16H14N4O2. The molecule has 0 spiro atoms. The van der Waals surface area contributed by atoms with E-state index >= 15 is 0 Å². The SMILES string of the molecule is O=C(Cn1cnc2ccccc21)NN=C/C=C/c1ccco1. The molecule has 0 aliphatic heterocycles. The minimum absolute atomic E-state index is 0.166. The number of fused-ring (bicyclic) bond motifs is 1. The van der Waals surface area contributed by atoms with Crippen LogP contribution < -0.4 is 5.43 Å². The Balaban J connectivity index is 1.54. The Morgan fingerprint density at radius 3 is 3.09 bits per heavy atom. The zero-order valence-corrected chi connectivity index (χ0v) is 11.7. The predicted octanol–water partition coefficient (Wildman–Crippen LogP) is 2.44. The van der Waals surface area contributed by atoms with Gasteiger partial charge in [0, 0.05) is 6.21 Å². The van der Waals surface area contributed by atoms with Crippen LogP contribution in [-0.4, -0.2) is 21.7 Å². The lowest BCUT2D eigenvalue weighted by Crippen LogP contribution is -2.22. The van der Waals surface area contributed by atoms with Crippen molar-refractivity contribution in [1.29, 1.82) is 0 Å². The van der Waals surface area contributed by atoms with E-state index in [9.17, 15) is 4.79 Å². The summed E-state index contributed by atoms with van der Waals surface area (Å²) in [7, 11) is 0. The number of nitrogens with one attached hydrogen (secondary N) is 1. The van der Waals surface area contributed by atoms with E-state index in [0.717, 1.165) is 16.8 Å². The summed E-state index contributed by atoms with van der Waals surface area (Å²) in [5.74, 6) is 0.508. The summed E-state index contributed by atoms with van der Waals surface area (Å²) in [4.78, 5) is 16.1. The van der Waals surface area contributed by atoms with E-state index in [1.165, 1.54) is 6.21 Å². The monoisotopic (exact) mass is 294 g/mol. The molecule has 22 heavy (non-hydrogen) atoms. The van der Waals surface area contributed by atoms with Crippen molar-refractivity contribution in [3.63, 3.8) is 0 Å². The molecule has 110 valence electrons. The number of carbonyl (C=O) groups excluding carboxylic acids is 1. The lowest BCUT2D eigenvalue weighted by Gasteiger charge is -2.02. The number of hydrogen-bond acceptors (Lipinski definition) is 4. The highest BCUT2D eigenvalue weighted by molar-refractivity contribution is 5.82. The summed E-state index contributed by atoms with van der Waals surface area (Å²) in [6.45, 7) is 0.166. The van der Waals surface area contributed by atoms with Crippen LogP contribution in [0.25, 0.3) is 17.1 Å². The van der Waals surface area contributed by atoms with Gasteiger partial charge in [0.1, 0.15) is 12.3 Å². The van der Waals surface area contributed by atoms with Crippen LogP contribution in [0.4, 0.5) is 0 Å². The number of benzene rings is 1.